The van der Waals surface area contributed by atoms with Crippen LogP contribution in [0.15, 0.2) is 4.99 Å². The molecule has 17 heavy (non-hydrogen) atoms. The van der Waals surface area contributed by atoms with Gasteiger partial charge >= 0.3 is 8.80 Å². The van der Waals surface area contributed by atoms with Crippen molar-refractivity contribution in [2.45, 2.75) is 19.4 Å². The lowest BCUT2D eigenvalue weighted by atomic mass is 10.5. The maximum Gasteiger partial charge on any atom is 0.500 e. The van der Waals surface area contributed by atoms with Crippen molar-refractivity contribution in [1.82, 2.24) is 5.32 Å². The molecule has 0 aliphatic carbocycles. The second-order valence-electron chi connectivity index (χ2n) is 3.42. The molecule has 4 N–H and O–H groups in total. The number of nitrogens with one attached hydrogen (secondary N) is 2. The molecule has 0 saturated carbocycles. The van der Waals surface area contributed by atoms with E-state index in [4.69, 9.17) is 24.4 Å². The Kier molecular flexibility index (Phi) is 7.71. The van der Waals surface area contributed by atoms with E-state index in [1.54, 1.807) is 28.3 Å². The molecule has 0 saturated heterocycles. The predicted octanol–water partition coefficient (Wildman–Crippen LogP) is 0.156. The Labute approximate surface area is 103 Å². The van der Waals surface area contributed by atoms with Crippen molar-refractivity contribution < 1.29 is 13.3 Å². The molecule has 100 valence electrons. The third-order valence-electron chi connectivity index (χ3n) is 2.17. The summed E-state index contributed by atoms with van der Waals surface area (Å²) in [6.45, 7) is 2.14. The summed E-state index contributed by atoms with van der Waals surface area (Å²) in [5.74, 6) is 0.512. The van der Waals surface area contributed by atoms with E-state index in [-0.39, 0.29) is 11.8 Å². The number of hydrogen-bond donors (Lipinski definition) is 3. The summed E-state index contributed by atoms with van der Waals surface area (Å²) in [6, 6.07) is 0.677. The molecular formula is C9H22N4O3Si. The van der Waals surface area contributed by atoms with E-state index >= 15 is 0 Å². The van der Waals surface area contributed by atoms with E-state index in [1.807, 2.05) is 0 Å². The average molecular weight is 262 g/mol. The fourth-order valence-corrected chi connectivity index (χ4v) is 2.99. The summed E-state index contributed by atoms with van der Waals surface area (Å²) in [4.78, 5) is 4.07. The highest BCUT2D eigenvalue weighted by atomic mass is 28.4. The molecule has 0 radical (unpaired) electrons. The second kappa shape index (κ2) is 8.18. The summed E-state index contributed by atoms with van der Waals surface area (Å²) < 4.78 is 15.8. The molecule has 0 rings (SSSR count). The van der Waals surface area contributed by atoms with E-state index in [2.05, 4.69) is 10.3 Å². The van der Waals surface area contributed by atoms with Crippen LogP contribution in [-0.2, 0) is 13.3 Å². The summed E-state index contributed by atoms with van der Waals surface area (Å²) >= 11 is 0. The Bertz CT molecular complexity index is 261. The largest absolute Gasteiger partial charge is 0.500 e. The van der Waals surface area contributed by atoms with Crippen molar-refractivity contribution in [2.24, 2.45) is 10.7 Å². The van der Waals surface area contributed by atoms with Gasteiger partial charge in [0, 0.05) is 33.9 Å². The second-order valence-corrected chi connectivity index (χ2v) is 6.51. The van der Waals surface area contributed by atoms with Gasteiger partial charge in [-0.3, -0.25) is 10.4 Å². The minimum atomic E-state index is -2.49. The molecule has 7 nitrogen and oxygen atoms in total. The zero-order chi connectivity index (χ0) is 13.3. The normalized spacial score (nSPS) is 12.6. The fraction of sp³-hybridized carbons (Fsp3) is 0.778. The molecule has 0 aliphatic rings. The number of aliphatic imine (C=N–C) groups is 1. The van der Waals surface area contributed by atoms with Crippen LogP contribution in [0.3, 0.4) is 0 Å². The Morgan fingerprint density at radius 2 is 1.82 bits per heavy atom. The van der Waals surface area contributed by atoms with Crippen LogP contribution in [0.25, 0.3) is 0 Å². The van der Waals surface area contributed by atoms with Gasteiger partial charge in [0.1, 0.15) is 0 Å². The zero-order valence-electron chi connectivity index (χ0n) is 10.9. The number of guanidine groups is 1. The standard InChI is InChI=1S/C9H22N4O3Si/c1-8(10)13-9(11)12-6-5-7-17(14-2,15-3)16-4/h5-7H2,1-4H3,(H4,10,11,12,13). The van der Waals surface area contributed by atoms with Crippen molar-refractivity contribution in [1.29, 1.82) is 5.41 Å². The summed E-state index contributed by atoms with van der Waals surface area (Å²) in [7, 11) is 2.25. The Balaban J connectivity index is 4.01. The summed E-state index contributed by atoms with van der Waals surface area (Å²) in [5, 5.41) is 9.78. The number of amidine groups is 1. The highest BCUT2D eigenvalue weighted by Crippen LogP contribution is 2.14. The van der Waals surface area contributed by atoms with Gasteiger partial charge in [0.25, 0.3) is 0 Å². The van der Waals surface area contributed by atoms with Crippen LogP contribution < -0.4 is 11.1 Å². The van der Waals surface area contributed by atoms with E-state index in [9.17, 15) is 0 Å². The fourth-order valence-electron chi connectivity index (χ4n) is 1.28. The summed E-state index contributed by atoms with van der Waals surface area (Å²) in [6.07, 6.45) is 0.751. The molecule has 0 spiro atoms. The molecule has 0 aromatic rings. The molecule has 0 amide bonds. The van der Waals surface area contributed by atoms with Crippen LogP contribution in [0.2, 0.25) is 6.04 Å². The Hall–Kier alpha value is -0.963. The van der Waals surface area contributed by atoms with Crippen LogP contribution in [0.4, 0.5) is 0 Å². The molecule has 8 heteroatoms. The highest BCUT2D eigenvalue weighted by molar-refractivity contribution is 6.60. The zero-order valence-corrected chi connectivity index (χ0v) is 11.9. The first-order chi connectivity index (χ1) is 7.99. The third-order valence-corrected chi connectivity index (χ3v) is 5.00. The SMILES string of the molecule is CO[Si](CCCN=C(N)NC(C)=N)(OC)OC. The smallest absolute Gasteiger partial charge is 0.377 e. The lowest BCUT2D eigenvalue weighted by Gasteiger charge is -2.23. The monoisotopic (exact) mass is 262 g/mol. The van der Waals surface area contributed by atoms with Crippen molar-refractivity contribution in [3.8, 4) is 0 Å². The van der Waals surface area contributed by atoms with Gasteiger partial charge in [-0.25, -0.2) is 0 Å². The maximum absolute atomic E-state index is 7.17. The molecule has 0 fully saturated rings. The molecular weight excluding hydrogens is 240 g/mol. The molecule has 0 bridgehead atoms. The minimum Gasteiger partial charge on any atom is -0.377 e. The van der Waals surface area contributed by atoms with Gasteiger partial charge in [-0.2, -0.15) is 0 Å². The first kappa shape index (κ1) is 16.0. The van der Waals surface area contributed by atoms with Crippen molar-refractivity contribution in [3.05, 3.63) is 0 Å². The van der Waals surface area contributed by atoms with E-state index in [0.29, 0.717) is 12.6 Å². The average Bonchev–Trinajstić information content (AvgIpc) is 2.29. The van der Waals surface area contributed by atoms with E-state index < -0.39 is 8.80 Å². The highest BCUT2D eigenvalue weighted by Gasteiger charge is 2.36. The van der Waals surface area contributed by atoms with Gasteiger partial charge < -0.3 is 24.3 Å². The van der Waals surface area contributed by atoms with Gasteiger partial charge in [-0.1, -0.05) is 0 Å². The van der Waals surface area contributed by atoms with Gasteiger partial charge in [0.15, 0.2) is 5.96 Å². The first-order valence-electron chi connectivity index (χ1n) is 5.27. The molecule has 0 aliphatic heterocycles. The molecule has 0 aromatic heterocycles. The van der Waals surface area contributed by atoms with Crippen LogP contribution in [0.1, 0.15) is 13.3 Å². The number of nitrogens with two attached hydrogens (primary N) is 1. The molecule has 0 heterocycles. The van der Waals surface area contributed by atoms with Crippen molar-refractivity contribution >= 4 is 20.6 Å². The van der Waals surface area contributed by atoms with Crippen LogP contribution in [-0.4, -0.2) is 48.5 Å². The third kappa shape index (κ3) is 6.37. The van der Waals surface area contributed by atoms with Gasteiger partial charge in [-0.15, -0.1) is 0 Å². The van der Waals surface area contributed by atoms with Crippen LogP contribution >= 0.6 is 0 Å². The summed E-state index contributed by atoms with van der Waals surface area (Å²) in [5.41, 5.74) is 5.54. The minimum absolute atomic E-state index is 0.247. The number of hydrogen-bond acceptors (Lipinski definition) is 5. The lowest BCUT2D eigenvalue weighted by Crippen LogP contribution is -2.42. The van der Waals surface area contributed by atoms with Gasteiger partial charge in [0.05, 0.1) is 5.84 Å². The topological polar surface area (TPSA) is 102 Å². The van der Waals surface area contributed by atoms with Gasteiger partial charge in [0.2, 0.25) is 0 Å². The first-order valence-corrected chi connectivity index (χ1v) is 7.20. The van der Waals surface area contributed by atoms with Crippen LogP contribution in [0, 0.1) is 5.41 Å². The Morgan fingerprint density at radius 1 is 1.29 bits per heavy atom. The maximum atomic E-state index is 7.17. The van der Waals surface area contributed by atoms with Crippen molar-refractivity contribution in [3.63, 3.8) is 0 Å². The molecule has 0 atom stereocenters. The number of rotatable bonds is 7. The predicted molar refractivity (Wildman–Crippen MR) is 69.2 cm³/mol. The Morgan fingerprint density at radius 3 is 2.24 bits per heavy atom. The number of nitrogens with zero attached hydrogens (tertiary/aromatic N) is 1. The van der Waals surface area contributed by atoms with Crippen LogP contribution in [0.5, 0.6) is 0 Å². The van der Waals surface area contributed by atoms with Crippen molar-refractivity contribution in [2.75, 3.05) is 27.9 Å². The quantitative estimate of drug-likeness (QED) is 0.262. The van der Waals surface area contributed by atoms with E-state index in [0.717, 1.165) is 6.42 Å². The molecule has 0 aromatic carbocycles. The lowest BCUT2D eigenvalue weighted by molar-refractivity contribution is 0.123. The van der Waals surface area contributed by atoms with Gasteiger partial charge in [-0.05, 0) is 13.3 Å². The molecule has 0 unspecified atom stereocenters. The van der Waals surface area contributed by atoms with E-state index in [1.165, 1.54) is 0 Å².